The molecule has 1 saturated heterocycles. The molecule has 1 aromatic carbocycles. The highest BCUT2D eigenvalue weighted by Gasteiger charge is 2.33. The number of amides is 2. The molecule has 6 rings (SSSR count). The van der Waals surface area contributed by atoms with Crippen LogP contribution in [0.1, 0.15) is 73.5 Å². The first-order valence-electron chi connectivity index (χ1n) is 16.9. The predicted molar refractivity (Wildman–Crippen MR) is 187 cm³/mol. The van der Waals surface area contributed by atoms with Crippen molar-refractivity contribution in [1.29, 1.82) is 0 Å². The SMILES string of the molecule is CCc1c(N2CCN(C(=O)c3cnn(C(C)C)c3O)CC2)c(=O)n2nc(C3=CCC(OC)CC3)nc2n1CC(=O)Nc1ccc(C(F)(F)F)cc1Cl. The van der Waals surface area contributed by atoms with Crippen LogP contribution in [0, 0.1) is 0 Å². The molecular weight excluding hydrogens is 707 g/mol. The zero-order valence-electron chi connectivity index (χ0n) is 29.1. The molecule has 0 spiro atoms. The molecule has 1 aliphatic heterocycles. The van der Waals surface area contributed by atoms with Crippen LogP contribution in [-0.2, 0) is 28.7 Å². The first-order chi connectivity index (χ1) is 24.7. The minimum atomic E-state index is -4.61. The smallest absolute Gasteiger partial charge is 0.416 e. The van der Waals surface area contributed by atoms with Crippen LogP contribution in [0.5, 0.6) is 5.88 Å². The third-order valence-electron chi connectivity index (χ3n) is 9.39. The second kappa shape index (κ2) is 14.6. The van der Waals surface area contributed by atoms with E-state index < -0.39 is 23.2 Å². The average Bonchev–Trinajstić information content (AvgIpc) is 3.74. The van der Waals surface area contributed by atoms with Crippen LogP contribution in [0.25, 0.3) is 11.4 Å². The molecule has 1 aliphatic carbocycles. The highest BCUT2D eigenvalue weighted by molar-refractivity contribution is 6.33. The Morgan fingerprint density at radius 3 is 2.48 bits per heavy atom. The van der Waals surface area contributed by atoms with Crippen molar-refractivity contribution in [2.75, 3.05) is 43.5 Å². The molecule has 14 nitrogen and oxygen atoms in total. The molecule has 3 aromatic heterocycles. The number of alkyl halides is 3. The van der Waals surface area contributed by atoms with Gasteiger partial charge in [0.15, 0.2) is 5.82 Å². The number of halogens is 4. The van der Waals surface area contributed by atoms with Gasteiger partial charge in [0.25, 0.3) is 11.5 Å². The van der Waals surface area contributed by atoms with Crippen LogP contribution in [0.4, 0.5) is 24.5 Å². The van der Waals surface area contributed by atoms with Gasteiger partial charge in [0.1, 0.15) is 17.8 Å². The molecule has 18 heteroatoms. The van der Waals surface area contributed by atoms with E-state index in [4.69, 9.17) is 21.3 Å². The predicted octanol–water partition coefficient (Wildman–Crippen LogP) is 4.79. The summed E-state index contributed by atoms with van der Waals surface area (Å²) in [5.41, 5.74) is 0.273. The van der Waals surface area contributed by atoms with Crippen molar-refractivity contribution in [1.82, 2.24) is 33.8 Å². The van der Waals surface area contributed by atoms with E-state index in [0.29, 0.717) is 30.8 Å². The van der Waals surface area contributed by atoms with E-state index in [1.807, 2.05) is 31.7 Å². The van der Waals surface area contributed by atoms with Gasteiger partial charge in [-0.05, 0) is 63.3 Å². The summed E-state index contributed by atoms with van der Waals surface area (Å²) in [5.74, 6) is -0.760. The molecule has 2 aliphatic rings. The average molecular weight is 746 g/mol. The molecule has 0 radical (unpaired) electrons. The van der Waals surface area contributed by atoms with Crippen molar-refractivity contribution in [3.05, 3.63) is 68.5 Å². The Bertz CT molecular complexity index is 2100. The van der Waals surface area contributed by atoms with Crippen molar-refractivity contribution >= 4 is 46.1 Å². The molecule has 4 aromatic rings. The molecule has 1 atom stereocenters. The van der Waals surface area contributed by atoms with Crippen LogP contribution >= 0.6 is 11.6 Å². The van der Waals surface area contributed by atoms with Crippen LogP contribution in [0.2, 0.25) is 5.02 Å². The van der Waals surface area contributed by atoms with Gasteiger partial charge in [-0.15, -0.1) is 5.10 Å². The molecule has 0 bridgehead atoms. The lowest BCUT2D eigenvalue weighted by Crippen LogP contribution is -2.50. The second-order valence-electron chi connectivity index (χ2n) is 13.0. The monoisotopic (exact) mass is 745 g/mol. The van der Waals surface area contributed by atoms with E-state index in [-0.39, 0.29) is 84.4 Å². The number of allylic oxidation sites excluding steroid dienone is 1. The molecule has 278 valence electrons. The van der Waals surface area contributed by atoms with E-state index in [1.165, 1.54) is 15.4 Å². The summed E-state index contributed by atoms with van der Waals surface area (Å²) in [6.07, 6.45) is 1.06. The molecular formula is C34H39ClF3N9O5. The molecule has 2 amide bonds. The maximum absolute atomic E-state index is 14.3. The second-order valence-corrected chi connectivity index (χ2v) is 13.4. The number of hydrogen-bond donors (Lipinski definition) is 2. The van der Waals surface area contributed by atoms with Crippen molar-refractivity contribution in [2.45, 2.75) is 71.3 Å². The third-order valence-corrected chi connectivity index (χ3v) is 9.70. The van der Waals surface area contributed by atoms with E-state index in [2.05, 4.69) is 15.5 Å². The van der Waals surface area contributed by atoms with Gasteiger partial charge in [-0.2, -0.15) is 27.8 Å². The summed E-state index contributed by atoms with van der Waals surface area (Å²) in [5, 5.41) is 21.6. The zero-order valence-corrected chi connectivity index (χ0v) is 29.8. The van der Waals surface area contributed by atoms with Gasteiger partial charge < -0.3 is 29.5 Å². The lowest BCUT2D eigenvalue weighted by atomic mass is 9.97. The Balaban J connectivity index is 1.34. The fourth-order valence-electron chi connectivity index (χ4n) is 6.61. The van der Waals surface area contributed by atoms with E-state index in [9.17, 15) is 32.7 Å². The summed E-state index contributed by atoms with van der Waals surface area (Å²) in [6, 6.07) is 2.50. The summed E-state index contributed by atoms with van der Waals surface area (Å²) in [7, 11) is 1.65. The Hall–Kier alpha value is -4.90. The molecule has 0 saturated carbocycles. The number of carbonyl (C=O) groups is 2. The number of rotatable bonds is 9. The summed E-state index contributed by atoms with van der Waals surface area (Å²) in [6.45, 7) is 6.12. The van der Waals surface area contributed by atoms with Gasteiger partial charge >= 0.3 is 6.18 Å². The van der Waals surface area contributed by atoms with Crippen LogP contribution in [0.15, 0.2) is 35.3 Å². The molecule has 2 N–H and O–H groups in total. The molecule has 4 heterocycles. The van der Waals surface area contributed by atoms with Crippen LogP contribution < -0.4 is 15.8 Å². The lowest BCUT2D eigenvalue weighted by Gasteiger charge is -2.36. The number of nitrogens with one attached hydrogen (secondary N) is 1. The van der Waals surface area contributed by atoms with E-state index in [0.717, 1.165) is 30.2 Å². The summed E-state index contributed by atoms with van der Waals surface area (Å²) >= 11 is 6.13. The van der Waals surface area contributed by atoms with Gasteiger partial charge in [-0.3, -0.25) is 14.4 Å². The number of anilines is 2. The van der Waals surface area contributed by atoms with E-state index in [1.54, 1.807) is 16.6 Å². The Morgan fingerprint density at radius 2 is 1.90 bits per heavy atom. The number of piperazine rings is 1. The van der Waals surface area contributed by atoms with Gasteiger partial charge in [-0.1, -0.05) is 24.6 Å². The maximum atomic E-state index is 14.3. The lowest BCUT2D eigenvalue weighted by molar-refractivity contribution is -0.137. The van der Waals surface area contributed by atoms with Crippen molar-refractivity contribution in [3.63, 3.8) is 0 Å². The maximum Gasteiger partial charge on any atom is 0.416 e. The van der Waals surface area contributed by atoms with Crippen LogP contribution in [-0.4, -0.2) is 90.2 Å². The number of methoxy groups -OCH3 is 1. The summed E-state index contributed by atoms with van der Waals surface area (Å²) < 4.78 is 49.3. The molecule has 1 unspecified atom stereocenters. The number of nitrogens with zero attached hydrogens (tertiary/aromatic N) is 8. The minimum Gasteiger partial charge on any atom is -0.493 e. The quantitative estimate of drug-likeness (QED) is 0.246. The first-order valence-corrected chi connectivity index (χ1v) is 17.3. The highest BCUT2D eigenvalue weighted by atomic mass is 35.5. The number of aromatic nitrogens is 6. The fourth-order valence-corrected chi connectivity index (χ4v) is 6.83. The largest absolute Gasteiger partial charge is 0.493 e. The molecule has 52 heavy (non-hydrogen) atoms. The number of ether oxygens (including phenoxy) is 1. The van der Waals surface area contributed by atoms with Gasteiger partial charge in [-0.25, -0.2) is 4.68 Å². The standard InChI is InChI=1S/C34H39ClF3N9O5/c1-5-26-28(43-12-14-44(15-13-43)30(49)23-17-39-46(19(2)3)31(23)50)32(51)47-33(41-29(42-47)20-6-9-22(52-4)10-7-20)45(26)18-27(48)40-25-11-8-21(16-24(25)35)34(36,37)38/h6,8,11,16-17,19,22,50H,5,7,9-10,12-15,18H2,1-4H3,(H,40,48). The van der Waals surface area contributed by atoms with Crippen molar-refractivity contribution < 1.29 is 32.6 Å². The third kappa shape index (κ3) is 7.11. The fraction of sp³-hybridized carbons (Fsp3) is 0.471. The first kappa shape index (κ1) is 36.9. The number of carbonyl (C=O) groups excluding carboxylic acids is 2. The minimum absolute atomic E-state index is 0.0111. The summed E-state index contributed by atoms with van der Waals surface area (Å²) in [4.78, 5) is 49.3. The number of fused-ring (bicyclic) bond motifs is 1. The number of aromatic hydroxyl groups is 1. The van der Waals surface area contributed by atoms with Crippen molar-refractivity contribution in [3.8, 4) is 5.88 Å². The highest BCUT2D eigenvalue weighted by Crippen LogP contribution is 2.34. The Labute approximate surface area is 301 Å². The topological polar surface area (TPSA) is 152 Å². The zero-order chi connectivity index (χ0) is 37.5. The van der Waals surface area contributed by atoms with Gasteiger partial charge in [0.2, 0.25) is 17.6 Å². The normalized spacial score (nSPS) is 16.9. The number of benzene rings is 1. The Morgan fingerprint density at radius 1 is 1.17 bits per heavy atom. The van der Waals surface area contributed by atoms with Gasteiger partial charge in [0.05, 0.1) is 40.3 Å². The molecule has 1 fully saturated rings. The number of hydrogen-bond acceptors (Lipinski definition) is 9. The van der Waals surface area contributed by atoms with Gasteiger partial charge in [0, 0.05) is 33.3 Å². The Kier molecular flexibility index (Phi) is 10.4. The van der Waals surface area contributed by atoms with E-state index >= 15 is 0 Å². The van der Waals surface area contributed by atoms with Crippen molar-refractivity contribution in [2.24, 2.45) is 0 Å². The van der Waals surface area contributed by atoms with Crippen LogP contribution in [0.3, 0.4) is 0 Å².